The molecule has 0 amide bonds. The Morgan fingerprint density at radius 1 is 1.45 bits per heavy atom. The maximum Gasteiger partial charge on any atom is 0.304 e. The number of allylic oxidation sites excluding steroid dienone is 1. The van der Waals surface area contributed by atoms with Crippen LogP contribution in [0.4, 0.5) is 0 Å². The molecule has 1 aliphatic rings. The Kier molecular flexibility index (Phi) is 5.48. The molecule has 5 nitrogen and oxygen atoms in total. The lowest BCUT2D eigenvalue weighted by Gasteiger charge is -2.37. The summed E-state index contributed by atoms with van der Waals surface area (Å²) in [5.74, 6) is -2.33. The van der Waals surface area contributed by atoms with Crippen molar-refractivity contribution < 1.29 is 24.5 Å². The maximum absolute atomic E-state index is 12.2. The largest absolute Gasteiger partial charge is 0.481 e. The fraction of sp³-hybridized carbons (Fsp3) is 0.733. The second kappa shape index (κ2) is 6.50. The number of carboxylic acid groups (broad SMARTS) is 1. The van der Waals surface area contributed by atoms with Crippen molar-refractivity contribution in [3.05, 3.63) is 11.1 Å². The number of carboxylic acids is 1. The number of hydrogen-bond acceptors (Lipinski definition) is 4. The third-order valence-corrected chi connectivity index (χ3v) is 4.35. The highest BCUT2D eigenvalue weighted by atomic mass is 16.5. The second-order valence-electron chi connectivity index (χ2n) is 5.46. The molecule has 0 fully saturated rings. The van der Waals surface area contributed by atoms with Crippen LogP contribution >= 0.6 is 0 Å². The Bertz CT molecular complexity index is 426. The molecule has 5 heteroatoms. The van der Waals surface area contributed by atoms with Gasteiger partial charge in [0.25, 0.3) is 0 Å². The minimum absolute atomic E-state index is 0.286. The topological polar surface area (TPSA) is 83.8 Å². The molecule has 1 aliphatic carbocycles. The Morgan fingerprint density at radius 3 is 2.50 bits per heavy atom. The number of ether oxygens (including phenoxy) is 1. The molecule has 0 spiro atoms. The van der Waals surface area contributed by atoms with Crippen LogP contribution < -0.4 is 0 Å². The maximum atomic E-state index is 12.2. The van der Waals surface area contributed by atoms with Gasteiger partial charge >= 0.3 is 5.97 Å². The Morgan fingerprint density at radius 2 is 2.05 bits per heavy atom. The van der Waals surface area contributed by atoms with E-state index in [0.717, 1.165) is 12.8 Å². The van der Waals surface area contributed by atoms with E-state index in [-0.39, 0.29) is 12.2 Å². The first kappa shape index (κ1) is 16.9. The minimum atomic E-state index is -1.51. The van der Waals surface area contributed by atoms with E-state index >= 15 is 0 Å². The molecule has 1 unspecified atom stereocenters. The normalized spacial score (nSPS) is 28.1. The van der Waals surface area contributed by atoms with Crippen molar-refractivity contribution in [2.75, 3.05) is 7.11 Å². The van der Waals surface area contributed by atoms with Crippen LogP contribution in [0.15, 0.2) is 11.1 Å². The van der Waals surface area contributed by atoms with Gasteiger partial charge in [0.1, 0.15) is 5.60 Å². The van der Waals surface area contributed by atoms with Gasteiger partial charge in [-0.1, -0.05) is 19.8 Å². The molecule has 0 heterocycles. The predicted molar refractivity (Wildman–Crippen MR) is 74.4 cm³/mol. The van der Waals surface area contributed by atoms with E-state index in [2.05, 4.69) is 0 Å². The Labute approximate surface area is 119 Å². The summed E-state index contributed by atoms with van der Waals surface area (Å²) in [6.45, 7) is 5.35. The zero-order valence-corrected chi connectivity index (χ0v) is 12.6. The molecule has 20 heavy (non-hydrogen) atoms. The van der Waals surface area contributed by atoms with Gasteiger partial charge in [0, 0.05) is 7.11 Å². The van der Waals surface area contributed by atoms with Crippen molar-refractivity contribution in [3.8, 4) is 0 Å². The van der Waals surface area contributed by atoms with Gasteiger partial charge in [0.2, 0.25) is 0 Å². The first-order chi connectivity index (χ1) is 9.30. The number of unbranched alkanes of at least 4 members (excludes halogenated alkanes) is 1. The van der Waals surface area contributed by atoms with E-state index in [9.17, 15) is 14.7 Å². The smallest absolute Gasteiger partial charge is 0.304 e. The van der Waals surface area contributed by atoms with E-state index in [1.165, 1.54) is 7.11 Å². The second-order valence-corrected chi connectivity index (χ2v) is 5.46. The Hall–Kier alpha value is -1.20. The number of aliphatic carboxylic acids is 1. The first-order valence-electron chi connectivity index (χ1n) is 6.99. The lowest BCUT2D eigenvalue weighted by Crippen LogP contribution is -2.50. The number of carbonyl (C=O) groups excluding carboxylic acids is 1. The zero-order chi connectivity index (χ0) is 15.5. The summed E-state index contributed by atoms with van der Waals surface area (Å²) in [5.41, 5.74) is -0.516. The molecule has 114 valence electrons. The molecule has 0 aromatic carbocycles. The third-order valence-electron chi connectivity index (χ3n) is 4.35. The fourth-order valence-corrected chi connectivity index (χ4v) is 3.00. The van der Waals surface area contributed by atoms with Crippen molar-refractivity contribution in [3.63, 3.8) is 0 Å². The standard InChI is InChI=1S/C15H24O5/c1-5-6-7-12(20-4)15(19)10(3)9(2)14(18)11(15)8-13(16)17/h11-12,19H,5-8H2,1-4H3,(H,16,17)/t11-,12?,15-/m0/s1. The van der Waals surface area contributed by atoms with E-state index in [0.29, 0.717) is 17.6 Å². The number of ketones is 1. The molecule has 3 atom stereocenters. The Balaban J connectivity index is 3.17. The highest BCUT2D eigenvalue weighted by Gasteiger charge is 2.54. The number of carbonyl (C=O) groups is 2. The van der Waals surface area contributed by atoms with E-state index in [4.69, 9.17) is 9.84 Å². The van der Waals surface area contributed by atoms with Crippen LogP contribution in [0.2, 0.25) is 0 Å². The zero-order valence-electron chi connectivity index (χ0n) is 12.6. The van der Waals surface area contributed by atoms with Crippen LogP contribution in [0, 0.1) is 5.92 Å². The van der Waals surface area contributed by atoms with Gasteiger partial charge in [0.05, 0.1) is 18.4 Å². The quantitative estimate of drug-likeness (QED) is 0.746. The molecular formula is C15H24O5. The molecule has 0 saturated heterocycles. The molecule has 0 saturated carbocycles. The summed E-state index contributed by atoms with van der Waals surface area (Å²) in [5, 5.41) is 20.0. The third kappa shape index (κ3) is 2.79. The number of Topliss-reactive ketones (excluding diaryl/α,β-unsaturated/α-hetero) is 1. The van der Waals surface area contributed by atoms with Crippen molar-refractivity contribution in [2.45, 2.75) is 58.2 Å². The SMILES string of the molecule is CCCCC(OC)[C@]1(O)C(C)=C(C)C(=O)[C@@H]1CC(=O)O. The van der Waals surface area contributed by atoms with E-state index in [1.54, 1.807) is 13.8 Å². The average Bonchev–Trinajstić information content (AvgIpc) is 2.55. The van der Waals surface area contributed by atoms with Crippen molar-refractivity contribution in [1.82, 2.24) is 0 Å². The van der Waals surface area contributed by atoms with Crippen LogP contribution in [-0.4, -0.2) is 40.8 Å². The lowest BCUT2D eigenvalue weighted by molar-refractivity contribution is -0.150. The summed E-state index contributed by atoms with van der Waals surface area (Å²) in [6.07, 6.45) is 1.44. The molecule has 0 bridgehead atoms. The highest BCUT2D eigenvalue weighted by Crippen LogP contribution is 2.44. The van der Waals surface area contributed by atoms with Crippen LogP contribution in [0.3, 0.4) is 0 Å². The van der Waals surface area contributed by atoms with Gasteiger partial charge in [-0.15, -0.1) is 0 Å². The van der Waals surface area contributed by atoms with E-state index < -0.39 is 23.6 Å². The summed E-state index contributed by atoms with van der Waals surface area (Å²) in [6, 6.07) is 0. The minimum Gasteiger partial charge on any atom is -0.481 e. The summed E-state index contributed by atoms with van der Waals surface area (Å²) < 4.78 is 5.39. The molecule has 0 aromatic heterocycles. The van der Waals surface area contributed by atoms with Gasteiger partial charge in [-0.2, -0.15) is 0 Å². The average molecular weight is 284 g/mol. The number of rotatable bonds is 7. The summed E-state index contributed by atoms with van der Waals surface area (Å²) >= 11 is 0. The van der Waals surface area contributed by atoms with Crippen LogP contribution in [0.25, 0.3) is 0 Å². The van der Waals surface area contributed by atoms with E-state index in [1.807, 2.05) is 6.92 Å². The van der Waals surface area contributed by atoms with Gasteiger partial charge < -0.3 is 14.9 Å². The van der Waals surface area contributed by atoms with Crippen LogP contribution in [0.1, 0.15) is 46.5 Å². The molecule has 1 rings (SSSR count). The number of methoxy groups -OCH3 is 1. The van der Waals surface area contributed by atoms with Crippen LogP contribution in [-0.2, 0) is 14.3 Å². The predicted octanol–water partition coefficient (Wildman–Crippen LogP) is 1.93. The molecule has 0 radical (unpaired) electrons. The number of aliphatic hydroxyl groups is 1. The van der Waals surface area contributed by atoms with Crippen molar-refractivity contribution in [2.24, 2.45) is 5.92 Å². The monoisotopic (exact) mass is 284 g/mol. The van der Waals surface area contributed by atoms with Gasteiger partial charge in [-0.05, 0) is 31.4 Å². The molecule has 0 aliphatic heterocycles. The number of hydrogen-bond donors (Lipinski definition) is 2. The molecule has 2 N–H and O–H groups in total. The van der Waals surface area contributed by atoms with Crippen LogP contribution in [0.5, 0.6) is 0 Å². The summed E-state index contributed by atoms with van der Waals surface area (Å²) in [4.78, 5) is 23.2. The molecule has 0 aromatic rings. The first-order valence-corrected chi connectivity index (χ1v) is 6.99. The van der Waals surface area contributed by atoms with Crippen molar-refractivity contribution >= 4 is 11.8 Å². The van der Waals surface area contributed by atoms with Gasteiger partial charge in [-0.25, -0.2) is 0 Å². The summed E-state index contributed by atoms with van der Waals surface area (Å²) in [7, 11) is 1.49. The van der Waals surface area contributed by atoms with Gasteiger partial charge in [-0.3, -0.25) is 9.59 Å². The molecular weight excluding hydrogens is 260 g/mol. The lowest BCUT2D eigenvalue weighted by atomic mass is 9.77. The highest BCUT2D eigenvalue weighted by molar-refractivity contribution is 6.03. The van der Waals surface area contributed by atoms with Crippen molar-refractivity contribution in [1.29, 1.82) is 0 Å². The fourth-order valence-electron chi connectivity index (χ4n) is 3.00. The van der Waals surface area contributed by atoms with Gasteiger partial charge in [0.15, 0.2) is 5.78 Å².